The van der Waals surface area contributed by atoms with Crippen molar-refractivity contribution in [3.63, 3.8) is 0 Å². The van der Waals surface area contributed by atoms with Gasteiger partial charge in [-0.05, 0) is 35.7 Å². The third-order valence-corrected chi connectivity index (χ3v) is 6.40. The summed E-state index contributed by atoms with van der Waals surface area (Å²) >= 11 is 1.22. The highest BCUT2D eigenvalue weighted by Gasteiger charge is 2.16. The van der Waals surface area contributed by atoms with Gasteiger partial charge in [0, 0.05) is 18.1 Å². The van der Waals surface area contributed by atoms with Gasteiger partial charge in [0.25, 0.3) is 5.22 Å². The van der Waals surface area contributed by atoms with Crippen LogP contribution < -0.4 is 5.32 Å². The lowest BCUT2D eigenvalue weighted by Crippen LogP contribution is -2.28. The molecule has 0 aliphatic carbocycles. The van der Waals surface area contributed by atoms with Crippen molar-refractivity contribution in [2.24, 2.45) is 0 Å². The molecule has 7 nitrogen and oxygen atoms in total. The topological polar surface area (TPSA) is 93.8 Å². The molecular formula is C27H23N5O2S. The number of hydrogen-bond donors (Lipinski definition) is 1. The predicted octanol–water partition coefficient (Wildman–Crippen LogP) is 5.36. The van der Waals surface area contributed by atoms with Gasteiger partial charge >= 0.3 is 0 Å². The van der Waals surface area contributed by atoms with Crippen LogP contribution in [-0.2, 0) is 4.79 Å². The molecule has 0 spiro atoms. The molecule has 8 heteroatoms. The number of benzene rings is 2. The van der Waals surface area contributed by atoms with Gasteiger partial charge in [0.15, 0.2) is 0 Å². The van der Waals surface area contributed by atoms with Crippen molar-refractivity contribution in [1.82, 2.24) is 25.5 Å². The lowest BCUT2D eigenvalue weighted by atomic mass is 10.0. The number of carbonyl (C=O) groups is 1. The molecule has 0 aliphatic rings. The molecule has 3 heterocycles. The molecule has 174 valence electrons. The monoisotopic (exact) mass is 481 g/mol. The van der Waals surface area contributed by atoms with E-state index in [0.29, 0.717) is 17.7 Å². The number of pyridine rings is 2. The zero-order valence-electron chi connectivity index (χ0n) is 19.1. The van der Waals surface area contributed by atoms with Crippen LogP contribution in [0.4, 0.5) is 0 Å². The van der Waals surface area contributed by atoms with Gasteiger partial charge in [-0.15, -0.1) is 10.2 Å². The maximum atomic E-state index is 12.4. The summed E-state index contributed by atoms with van der Waals surface area (Å²) in [6.45, 7) is 2.66. The maximum absolute atomic E-state index is 12.4. The molecule has 0 saturated carbocycles. The Hall–Kier alpha value is -4.04. The first kappa shape index (κ1) is 22.7. The number of nitrogens with zero attached hydrogens (tertiary/aromatic N) is 4. The number of hydrogen-bond acceptors (Lipinski definition) is 7. The smallest absolute Gasteiger partial charge is 0.277 e. The van der Waals surface area contributed by atoms with Gasteiger partial charge in [-0.1, -0.05) is 73.3 Å². The first-order valence-electron chi connectivity index (χ1n) is 11.3. The standard InChI is InChI=1S/C27H23N5O2S/c1-18(19-9-3-2-4-10-19)16-29-25(33)17-35-27-32-31-26(34-27)21-15-24(23-13-7-8-14-28-23)30-22-12-6-5-11-20(21)22/h2-15,18H,16-17H2,1H3,(H,29,33)/t18-/m0/s1. The van der Waals surface area contributed by atoms with Crippen LogP contribution in [0.1, 0.15) is 18.4 Å². The fourth-order valence-corrected chi connectivity index (χ4v) is 4.31. The van der Waals surface area contributed by atoms with Crippen molar-refractivity contribution in [2.75, 3.05) is 12.3 Å². The third kappa shape index (κ3) is 5.38. The van der Waals surface area contributed by atoms with Gasteiger partial charge in [0.05, 0.1) is 28.2 Å². The second kappa shape index (κ2) is 10.5. The van der Waals surface area contributed by atoms with E-state index in [-0.39, 0.29) is 17.6 Å². The largest absolute Gasteiger partial charge is 0.411 e. The first-order chi connectivity index (χ1) is 17.2. The van der Waals surface area contributed by atoms with Gasteiger partial charge in [0.1, 0.15) is 0 Å². The number of fused-ring (bicyclic) bond motifs is 1. The van der Waals surface area contributed by atoms with Crippen molar-refractivity contribution in [3.8, 4) is 22.8 Å². The van der Waals surface area contributed by atoms with Gasteiger partial charge in [-0.2, -0.15) is 0 Å². The molecule has 2 aromatic carbocycles. The van der Waals surface area contributed by atoms with Crippen molar-refractivity contribution >= 4 is 28.6 Å². The molecule has 1 amide bonds. The minimum Gasteiger partial charge on any atom is -0.411 e. The zero-order chi connectivity index (χ0) is 24.0. The molecule has 1 N–H and O–H groups in total. The predicted molar refractivity (Wildman–Crippen MR) is 137 cm³/mol. The number of thioether (sulfide) groups is 1. The zero-order valence-corrected chi connectivity index (χ0v) is 19.9. The van der Waals surface area contributed by atoms with Crippen LogP contribution in [0, 0.1) is 0 Å². The molecule has 3 aromatic heterocycles. The summed E-state index contributed by atoms with van der Waals surface area (Å²) in [7, 11) is 0. The van der Waals surface area contributed by atoms with E-state index in [0.717, 1.165) is 27.9 Å². The van der Waals surface area contributed by atoms with E-state index >= 15 is 0 Å². The highest BCUT2D eigenvalue weighted by Crippen LogP contribution is 2.32. The highest BCUT2D eigenvalue weighted by atomic mass is 32.2. The molecule has 35 heavy (non-hydrogen) atoms. The number of rotatable bonds is 8. The van der Waals surface area contributed by atoms with Crippen LogP contribution in [0.2, 0.25) is 0 Å². The van der Waals surface area contributed by atoms with E-state index < -0.39 is 0 Å². The molecule has 0 bridgehead atoms. The number of para-hydroxylation sites is 1. The van der Waals surface area contributed by atoms with E-state index in [1.807, 2.05) is 66.7 Å². The summed E-state index contributed by atoms with van der Waals surface area (Å²) in [5.41, 5.74) is 4.26. The molecule has 0 saturated heterocycles. The summed E-state index contributed by atoms with van der Waals surface area (Å²) in [4.78, 5) is 21.5. The van der Waals surface area contributed by atoms with Crippen molar-refractivity contribution in [3.05, 3.63) is 90.6 Å². The van der Waals surface area contributed by atoms with Crippen LogP contribution in [0.3, 0.4) is 0 Å². The Morgan fingerprint density at radius 1 is 0.971 bits per heavy atom. The normalized spacial score (nSPS) is 11.9. The Bertz CT molecular complexity index is 1440. The minimum atomic E-state index is -0.0793. The van der Waals surface area contributed by atoms with Crippen molar-refractivity contribution in [1.29, 1.82) is 0 Å². The van der Waals surface area contributed by atoms with Gasteiger partial charge in [0.2, 0.25) is 11.8 Å². The van der Waals surface area contributed by atoms with Gasteiger partial charge in [-0.25, -0.2) is 4.98 Å². The van der Waals surface area contributed by atoms with E-state index in [2.05, 4.69) is 39.6 Å². The van der Waals surface area contributed by atoms with Crippen LogP contribution in [0.25, 0.3) is 33.7 Å². The fourth-order valence-electron chi connectivity index (χ4n) is 3.72. The van der Waals surface area contributed by atoms with Gasteiger partial charge < -0.3 is 9.73 Å². The second-order valence-corrected chi connectivity index (χ2v) is 8.99. The molecule has 5 aromatic rings. The number of amides is 1. The molecule has 1 atom stereocenters. The Morgan fingerprint density at radius 3 is 2.60 bits per heavy atom. The SMILES string of the molecule is C[C@@H](CNC(=O)CSc1nnc(-c2cc(-c3ccccn3)nc3ccccc23)o1)c1ccccc1. The summed E-state index contributed by atoms with van der Waals surface area (Å²) < 4.78 is 5.93. The lowest BCUT2D eigenvalue weighted by molar-refractivity contribution is -0.118. The van der Waals surface area contributed by atoms with Gasteiger partial charge in [-0.3, -0.25) is 9.78 Å². The number of carbonyl (C=O) groups excluding carboxylic acids is 1. The Labute approximate surface area is 207 Å². The van der Waals surface area contributed by atoms with E-state index in [1.165, 1.54) is 17.3 Å². The fraction of sp³-hybridized carbons (Fsp3) is 0.148. The first-order valence-corrected chi connectivity index (χ1v) is 12.3. The average molecular weight is 482 g/mol. The maximum Gasteiger partial charge on any atom is 0.277 e. The Morgan fingerprint density at radius 2 is 1.77 bits per heavy atom. The van der Waals surface area contributed by atoms with Crippen LogP contribution >= 0.6 is 11.8 Å². The quantitative estimate of drug-likeness (QED) is 0.298. The third-order valence-electron chi connectivity index (χ3n) is 5.58. The number of aromatic nitrogens is 4. The van der Waals surface area contributed by atoms with E-state index in [4.69, 9.17) is 9.40 Å². The lowest BCUT2D eigenvalue weighted by Gasteiger charge is -2.12. The molecule has 0 fully saturated rings. The summed E-state index contributed by atoms with van der Waals surface area (Å²) in [6, 6.07) is 25.5. The Balaban J connectivity index is 1.29. The number of nitrogens with one attached hydrogen (secondary N) is 1. The molecule has 0 aliphatic heterocycles. The van der Waals surface area contributed by atoms with Crippen molar-refractivity contribution < 1.29 is 9.21 Å². The van der Waals surface area contributed by atoms with Crippen LogP contribution in [0.15, 0.2) is 94.7 Å². The molecular weight excluding hydrogens is 458 g/mol. The summed E-state index contributed by atoms with van der Waals surface area (Å²) in [5.74, 6) is 0.721. The summed E-state index contributed by atoms with van der Waals surface area (Å²) in [5, 5.41) is 12.6. The Kier molecular flexibility index (Phi) is 6.81. The van der Waals surface area contributed by atoms with E-state index in [9.17, 15) is 4.79 Å². The average Bonchev–Trinajstić information content (AvgIpc) is 3.40. The molecule has 0 radical (unpaired) electrons. The molecule has 0 unspecified atom stereocenters. The van der Waals surface area contributed by atoms with Crippen LogP contribution in [0.5, 0.6) is 0 Å². The minimum absolute atomic E-state index is 0.0793. The van der Waals surface area contributed by atoms with Crippen molar-refractivity contribution in [2.45, 2.75) is 18.1 Å². The van der Waals surface area contributed by atoms with Crippen LogP contribution in [-0.4, -0.2) is 38.4 Å². The highest BCUT2D eigenvalue weighted by molar-refractivity contribution is 7.99. The molecule has 5 rings (SSSR count). The second-order valence-electron chi connectivity index (χ2n) is 8.06. The summed E-state index contributed by atoms with van der Waals surface area (Å²) in [6.07, 6.45) is 1.74. The van der Waals surface area contributed by atoms with E-state index in [1.54, 1.807) is 6.20 Å².